The van der Waals surface area contributed by atoms with E-state index in [0.717, 1.165) is 30.7 Å². The van der Waals surface area contributed by atoms with Crippen LogP contribution in [0.2, 0.25) is 0 Å². The molecular formula is C27H34N4O5. The summed E-state index contributed by atoms with van der Waals surface area (Å²) in [5, 5.41) is 7.22. The van der Waals surface area contributed by atoms with Gasteiger partial charge in [0.05, 0.1) is 32.7 Å². The van der Waals surface area contributed by atoms with Crippen molar-refractivity contribution in [1.82, 2.24) is 20.4 Å². The van der Waals surface area contributed by atoms with Crippen molar-refractivity contribution in [2.75, 3.05) is 33.9 Å². The highest BCUT2D eigenvalue weighted by molar-refractivity contribution is 5.79. The fourth-order valence-electron chi connectivity index (χ4n) is 4.27. The van der Waals surface area contributed by atoms with E-state index in [-0.39, 0.29) is 17.9 Å². The van der Waals surface area contributed by atoms with E-state index in [4.69, 9.17) is 18.7 Å². The quantitative estimate of drug-likeness (QED) is 0.454. The Balaban J connectivity index is 1.28. The third-order valence-electron chi connectivity index (χ3n) is 6.25. The molecule has 0 spiro atoms. The molecule has 1 aliphatic heterocycles. The first-order chi connectivity index (χ1) is 17.4. The van der Waals surface area contributed by atoms with Gasteiger partial charge in [0.2, 0.25) is 17.6 Å². The molecular weight excluding hydrogens is 460 g/mol. The molecule has 1 aromatic heterocycles. The van der Waals surface area contributed by atoms with Crippen molar-refractivity contribution >= 4 is 5.91 Å². The maximum Gasteiger partial charge on any atom is 0.241 e. The lowest BCUT2D eigenvalue weighted by molar-refractivity contribution is -0.127. The summed E-state index contributed by atoms with van der Waals surface area (Å²) < 4.78 is 22.0. The number of carbonyl (C=O) groups excluding carboxylic acids is 1. The minimum Gasteiger partial charge on any atom is -0.493 e. The predicted molar refractivity (Wildman–Crippen MR) is 135 cm³/mol. The first kappa shape index (κ1) is 25.5. The first-order valence-electron chi connectivity index (χ1n) is 12.2. The molecule has 2 aromatic carbocycles. The van der Waals surface area contributed by atoms with Crippen molar-refractivity contribution in [3.05, 3.63) is 53.9 Å². The van der Waals surface area contributed by atoms with Gasteiger partial charge in [-0.3, -0.25) is 9.69 Å². The molecule has 1 aliphatic rings. The van der Waals surface area contributed by atoms with Crippen LogP contribution < -0.4 is 19.5 Å². The van der Waals surface area contributed by atoms with Gasteiger partial charge < -0.3 is 24.1 Å². The van der Waals surface area contributed by atoms with Gasteiger partial charge in [-0.2, -0.15) is 4.98 Å². The summed E-state index contributed by atoms with van der Waals surface area (Å²) >= 11 is 0. The second-order valence-corrected chi connectivity index (χ2v) is 9.19. The van der Waals surface area contributed by atoms with Crippen LogP contribution in [0.1, 0.15) is 31.2 Å². The summed E-state index contributed by atoms with van der Waals surface area (Å²) in [6.07, 6.45) is 1.79. The number of piperidine rings is 1. The van der Waals surface area contributed by atoms with Crippen LogP contribution in [-0.2, 0) is 11.3 Å². The van der Waals surface area contributed by atoms with E-state index < -0.39 is 0 Å². The number of methoxy groups -OCH3 is 2. The number of nitrogens with one attached hydrogen (secondary N) is 1. The summed E-state index contributed by atoms with van der Waals surface area (Å²) in [6, 6.07) is 13.3. The number of aromatic nitrogens is 2. The molecule has 2 atom stereocenters. The van der Waals surface area contributed by atoms with Gasteiger partial charge in [0.1, 0.15) is 12.4 Å². The number of ether oxygens (including phenoxy) is 3. The molecule has 1 N–H and O–H groups in total. The van der Waals surface area contributed by atoms with Crippen molar-refractivity contribution in [1.29, 1.82) is 0 Å². The largest absolute Gasteiger partial charge is 0.493 e. The monoisotopic (exact) mass is 494 g/mol. The van der Waals surface area contributed by atoms with Crippen molar-refractivity contribution in [2.24, 2.45) is 5.92 Å². The first-order valence-corrected chi connectivity index (χ1v) is 12.2. The van der Waals surface area contributed by atoms with Crippen LogP contribution in [0.25, 0.3) is 11.4 Å². The van der Waals surface area contributed by atoms with Crippen molar-refractivity contribution in [3.8, 4) is 28.6 Å². The maximum absolute atomic E-state index is 12.9. The Morgan fingerprint density at radius 3 is 2.69 bits per heavy atom. The highest BCUT2D eigenvalue weighted by atomic mass is 16.5. The molecule has 1 fully saturated rings. The lowest BCUT2D eigenvalue weighted by Gasteiger charge is -2.31. The fraction of sp³-hybridized carbons (Fsp3) is 0.444. The summed E-state index contributed by atoms with van der Waals surface area (Å²) in [6.45, 7) is 6.44. The normalized spacial score (nSPS) is 16.8. The molecule has 1 amide bonds. The van der Waals surface area contributed by atoms with E-state index >= 15 is 0 Å². The van der Waals surface area contributed by atoms with E-state index in [1.165, 1.54) is 5.56 Å². The van der Waals surface area contributed by atoms with E-state index in [1.807, 2.05) is 56.3 Å². The second-order valence-electron chi connectivity index (χ2n) is 9.19. The molecule has 3 aromatic rings. The minimum atomic E-state index is -0.0891. The number of benzene rings is 2. The zero-order valence-electron chi connectivity index (χ0n) is 21.3. The Kier molecular flexibility index (Phi) is 8.43. The number of likely N-dealkylation sites (tertiary alicyclic amines) is 1. The topological polar surface area (TPSA) is 99.0 Å². The summed E-state index contributed by atoms with van der Waals surface area (Å²) in [5.41, 5.74) is 1.96. The SMILES string of the molecule is COc1ccc(-c2noc(CN3CCCC(C(=O)NC(C)COc4ccc(C)cc4)C3)n2)cc1OC. The minimum absolute atomic E-state index is 0.0521. The third-order valence-corrected chi connectivity index (χ3v) is 6.25. The second kappa shape index (κ2) is 11.9. The van der Waals surface area contributed by atoms with Crippen LogP contribution in [0.4, 0.5) is 0 Å². The highest BCUT2D eigenvalue weighted by Crippen LogP contribution is 2.31. The Bertz CT molecular complexity index is 1150. The fourth-order valence-corrected chi connectivity index (χ4v) is 4.27. The van der Waals surface area contributed by atoms with Crippen molar-refractivity contribution < 1.29 is 23.5 Å². The van der Waals surface area contributed by atoms with Crippen LogP contribution in [0, 0.1) is 12.8 Å². The Morgan fingerprint density at radius 2 is 1.94 bits per heavy atom. The van der Waals surface area contributed by atoms with Crippen LogP contribution >= 0.6 is 0 Å². The Labute approximate surface area is 211 Å². The van der Waals surface area contributed by atoms with E-state index in [0.29, 0.717) is 42.9 Å². The molecule has 2 unspecified atom stereocenters. The molecule has 4 rings (SSSR count). The van der Waals surface area contributed by atoms with Crippen molar-refractivity contribution in [2.45, 2.75) is 39.3 Å². The Morgan fingerprint density at radius 1 is 1.17 bits per heavy atom. The van der Waals surface area contributed by atoms with Gasteiger partial charge in [-0.15, -0.1) is 0 Å². The standard InChI is InChI=1S/C27H34N4O5/c1-18-7-10-22(11-8-18)35-17-19(2)28-27(32)21-6-5-13-31(15-21)16-25-29-26(30-36-25)20-9-12-23(33-3)24(14-20)34-4/h7-12,14,19,21H,5-6,13,15-17H2,1-4H3,(H,28,32). The highest BCUT2D eigenvalue weighted by Gasteiger charge is 2.28. The molecule has 0 aliphatic carbocycles. The number of aryl methyl sites for hydroxylation is 1. The van der Waals surface area contributed by atoms with Gasteiger partial charge in [0.15, 0.2) is 11.5 Å². The molecule has 0 saturated carbocycles. The molecule has 9 heteroatoms. The third kappa shape index (κ3) is 6.54. The zero-order chi connectivity index (χ0) is 25.5. The van der Waals surface area contributed by atoms with Gasteiger partial charge in [-0.1, -0.05) is 22.9 Å². The summed E-state index contributed by atoms with van der Waals surface area (Å²) in [4.78, 5) is 19.6. The molecule has 1 saturated heterocycles. The molecule has 2 heterocycles. The lowest BCUT2D eigenvalue weighted by Crippen LogP contribution is -2.46. The van der Waals surface area contributed by atoms with Gasteiger partial charge in [0, 0.05) is 12.1 Å². The zero-order valence-corrected chi connectivity index (χ0v) is 21.3. The van der Waals surface area contributed by atoms with Gasteiger partial charge >= 0.3 is 0 Å². The summed E-state index contributed by atoms with van der Waals surface area (Å²) in [5.74, 6) is 3.01. The number of hydrogen-bond acceptors (Lipinski definition) is 8. The Hall–Kier alpha value is -3.59. The number of carbonyl (C=O) groups is 1. The van der Waals surface area contributed by atoms with Gasteiger partial charge in [0.25, 0.3) is 0 Å². The predicted octanol–water partition coefficient (Wildman–Crippen LogP) is 3.86. The lowest BCUT2D eigenvalue weighted by atomic mass is 9.97. The smallest absolute Gasteiger partial charge is 0.241 e. The average molecular weight is 495 g/mol. The van der Waals surface area contributed by atoms with Crippen LogP contribution in [-0.4, -0.2) is 60.9 Å². The molecule has 9 nitrogen and oxygen atoms in total. The van der Waals surface area contributed by atoms with Crippen LogP contribution in [0.15, 0.2) is 47.0 Å². The number of rotatable bonds is 10. The maximum atomic E-state index is 12.9. The average Bonchev–Trinajstić information content (AvgIpc) is 3.36. The van der Waals surface area contributed by atoms with Crippen LogP contribution in [0.3, 0.4) is 0 Å². The molecule has 0 bridgehead atoms. The number of amides is 1. The van der Waals surface area contributed by atoms with E-state index in [2.05, 4.69) is 20.4 Å². The van der Waals surface area contributed by atoms with Gasteiger partial charge in [-0.05, 0) is 63.6 Å². The molecule has 36 heavy (non-hydrogen) atoms. The van der Waals surface area contributed by atoms with E-state index in [9.17, 15) is 4.79 Å². The van der Waals surface area contributed by atoms with Crippen molar-refractivity contribution in [3.63, 3.8) is 0 Å². The molecule has 192 valence electrons. The van der Waals surface area contributed by atoms with Gasteiger partial charge in [-0.25, -0.2) is 0 Å². The van der Waals surface area contributed by atoms with Crippen LogP contribution in [0.5, 0.6) is 17.2 Å². The van der Waals surface area contributed by atoms with E-state index in [1.54, 1.807) is 14.2 Å². The summed E-state index contributed by atoms with van der Waals surface area (Å²) in [7, 11) is 3.18. The number of hydrogen-bond donors (Lipinski definition) is 1. The molecule has 0 radical (unpaired) electrons. The number of nitrogens with zero attached hydrogens (tertiary/aromatic N) is 3.